The van der Waals surface area contributed by atoms with Gasteiger partial charge in [0.05, 0.1) is 11.5 Å². The summed E-state index contributed by atoms with van der Waals surface area (Å²) in [4.78, 5) is 19.7. The number of amidine groups is 1. The SMILES string of the molecule is CCOc1ccc2ccccc2c1/C=C1\SC(N2CCCCC2)=NC1=O. The average Bonchev–Trinajstić information content (AvgIpc) is 3.05. The smallest absolute Gasteiger partial charge is 0.286 e. The van der Waals surface area contributed by atoms with E-state index in [1.165, 1.54) is 31.0 Å². The van der Waals surface area contributed by atoms with Crippen LogP contribution < -0.4 is 4.74 Å². The lowest BCUT2D eigenvalue weighted by Crippen LogP contribution is -2.33. The van der Waals surface area contributed by atoms with E-state index < -0.39 is 0 Å². The van der Waals surface area contributed by atoms with Gasteiger partial charge in [0.25, 0.3) is 5.91 Å². The highest BCUT2D eigenvalue weighted by atomic mass is 32.2. The summed E-state index contributed by atoms with van der Waals surface area (Å²) >= 11 is 1.49. The van der Waals surface area contributed by atoms with Gasteiger partial charge in [0.15, 0.2) is 5.17 Å². The molecular formula is C21H22N2O2S. The maximum atomic E-state index is 12.5. The van der Waals surface area contributed by atoms with Crippen LogP contribution in [0.5, 0.6) is 5.75 Å². The van der Waals surface area contributed by atoms with E-state index in [0.29, 0.717) is 11.5 Å². The van der Waals surface area contributed by atoms with Crippen LogP contribution in [-0.4, -0.2) is 35.7 Å². The number of aliphatic imine (C=N–C) groups is 1. The molecule has 1 amide bonds. The zero-order chi connectivity index (χ0) is 17.9. The van der Waals surface area contributed by atoms with Gasteiger partial charge in [-0.3, -0.25) is 4.79 Å². The molecule has 5 heteroatoms. The Morgan fingerprint density at radius 1 is 1.15 bits per heavy atom. The van der Waals surface area contributed by atoms with E-state index in [1.54, 1.807) is 0 Å². The number of fused-ring (bicyclic) bond motifs is 1. The first kappa shape index (κ1) is 17.2. The second-order valence-corrected chi connectivity index (χ2v) is 7.50. The number of amides is 1. The third kappa shape index (κ3) is 3.36. The zero-order valence-electron chi connectivity index (χ0n) is 14.9. The number of piperidine rings is 1. The van der Waals surface area contributed by atoms with Crippen molar-refractivity contribution in [3.05, 3.63) is 46.9 Å². The van der Waals surface area contributed by atoms with E-state index in [0.717, 1.165) is 40.3 Å². The van der Waals surface area contributed by atoms with Crippen LogP contribution in [0.2, 0.25) is 0 Å². The highest BCUT2D eigenvalue weighted by molar-refractivity contribution is 8.18. The van der Waals surface area contributed by atoms with Crippen LogP contribution in [0.15, 0.2) is 46.3 Å². The van der Waals surface area contributed by atoms with E-state index in [4.69, 9.17) is 4.74 Å². The topological polar surface area (TPSA) is 41.9 Å². The van der Waals surface area contributed by atoms with Crippen molar-refractivity contribution in [2.75, 3.05) is 19.7 Å². The van der Waals surface area contributed by atoms with Crippen molar-refractivity contribution in [2.24, 2.45) is 4.99 Å². The summed E-state index contributed by atoms with van der Waals surface area (Å²) < 4.78 is 5.82. The molecule has 2 aromatic carbocycles. The fourth-order valence-corrected chi connectivity index (χ4v) is 4.40. The zero-order valence-corrected chi connectivity index (χ0v) is 15.7. The molecule has 26 heavy (non-hydrogen) atoms. The molecule has 4 nitrogen and oxygen atoms in total. The van der Waals surface area contributed by atoms with Crippen molar-refractivity contribution in [1.29, 1.82) is 0 Å². The highest BCUT2D eigenvalue weighted by Gasteiger charge is 2.27. The first-order chi connectivity index (χ1) is 12.8. The number of benzene rings is 2. The number of rotatable bonds is 3. The van der Waals surface area contributed by atoms with Crippen molar-refractivity contribution >= 4 is 39.7 Å². The van der Waals surface area contributed by atoms with Gasteiger partial charge in [0.1, 0.15) is 5.75 Å². The Bertz CT molecular complexity index is 898. The number of hydrogen-bond donors (Lipinski definition) is 0. The molecule has 2 aliphatic rings. The Morgan fingerprint density at radius 3 is 2.77 bits per heavy atom. The van der Waals surface area contributed by atoms with Gasteiger partial charge in [-0.05, 0) is 60.9 Å². The maximum absolute atomic E-state index is 12.5. The summed E-state index contributed by atoms with van der Waals surface area (Å²) in [7, 11) is 0. The molecule has 2 aliphatic heterocycles. The summed E-state index contributed by atoms with van der Waals surface area (Å²) in [5.74, 6) is 0.657. The van der Waals surface area contributed by atoms with E-state index in [9.17, 15) is 4.79 Å². The minimum atomic E-state index is -0.147. The Hall–Kier alpha value is -2.27. The van der Waals surface area contributed by atoms with E-state index in [-0.39, 0.29) is 5.91 Å². The monoisotopic (exact) mass is 366 g/mol. The lowest BCUT2D eigenvalue weighted by Gasteiger charge is -2.27. The minimum absolute atomic E-state index is 0.147. The second kappa shape index (κ2) is 7.54. The fraction of sp³-hybridized carbons (Fsp3) is 0.333. The molecule has 134 valence electrons. The standard InChI is InChI=1S/C21H22N2O2S/c1-2-25-18-11-10-15-8-4-5-9-16(15)17(18)14-19-20(24)22-21(26-19)23-12-6-3-7-13-23/h4-5,8-11,14H,2-3,6-7,12-13H2,1H3/b19-14-. The van der Waals surface area contributed by atoms with Crippen LogP contribution in [0.25, 0.3) is 16.8 Å². The van der Waals surface area contributed by atoms with Gasteiger partial charge in [-0.2, -0.15) is 4.99 Å². The molecule has 2 aromatic rings. The molecule has 0 saturated carbocycles. The van der Waals surface area contributed by atoms with Crippen LogP contribution >= 0.6 is 11.8 Å². The Balaban J connectivity index is 1.70. The summed E-state index contributed by atoms with van der Waals surface area (Å²) in [5.41, 5.74) is 0.955. The van der Waals surface area contributed by atoms with Gasteiger partial charge in [-0.15, -0.1) is 0 Å². The fourth-order valence-electron chi connectivity index (χ4n) is 3.46. The van der Waals surface area contributed by atoms with Crippen molar-refractivity contribution < 1.29 is 9.53 Å². The van der Waals surface area contributed by atoms with E-state index >= 15 is 0 Å². The van der Waals surface area contributed by atoms with Crippen LogP contribution in [0.3, 0.4) is 0 Å². The number of carbonyl (C=O) groups excluding carboxylic acids is 1. The summed E-state index contributed by atoms with van der Waals surface area (Å²) in [6, 6.07) is 12.2. The van der Waals surface area contributed by atoms with Crippen molar-refractivity contribution in [2.45, 2.75) is 26.2 Å². The predicted molar refractivity (Wildman–Crippen MR) is 109 cm³/mol. The molecule has 0 spiro atoms. The number of ether oxygens (including phenoxy) is 1. The number of carbonyl (C=O) groups is 1. The molecule has 2 heterocycles. The van der Waals surface area contributed by atoms with Crippen molar-refractivity contribution in [3.8, 4) is 5.75 Å². The number of nitrogens with zero attached hydrogens (tertiary/aromatic N) is 2. The largest absolute Gasteiger partial charge is 0.493 e. The molecule has 0 aliphatic carbocycles. The Kier molecular flexibility index (Phi) is 4.98. The normalized spacial score (nSPS) is 19.3. The number of thioether (sulfide) groups is 1. The highest BCUT2D eigenvalue weighted by Crippen LogP contribution is 2.36. The van der Waals surface area contributed by atoms with Crippen LogP contribution in [0.1, 0.15) is 31.7 Å². The maximum Gasteiger partial charge on any atom is 0.286 e. The number of hydrogen-bond acceptors (Lipinski definition) is 4. The van der Waals surface area contributed by atoms with Gasteiger partial charge in [-0.1, -0.05) is 30.3 Å². The van der Waals surface area contributed by atoms with Gasteiger partial charge in [-0.25, -0.2) is 0 Å². The minimum Gasteiger partial charge on any atom is -0.493 e. The summed E-state index contributed by atoms with van der Waals surface area (Å²) in [5, 5.41) is 3.07. The molecule has 0 atom stereocenters. The first-order valence-electron chi connectivity index (χ1n) is 9.18. The Morgan fingerprint density at radius 2 is 1.96 bits per heavy atom. The quantitative estimate of drug-likeness (QED) is 0.739. The van der Waals surface area contributed by atoms with Gasteiger partial charge < -0.3 is 9.64 Å². The molecule has 1 saturated heterocycles. The van der Waals surface area contributed by atoms with Crippen LogP contribution in [0.4, 0.5) is 0 Å². The van der Waals surface area contributed by atoms with Gasteiger partial charge in [0, 0.05) is 18.7 Å². The van der Waals surface area contributed by atoms with E-state index in [1.807, 2.05) is 31.2 Å². The third-order valence-corrected chi connectivity index (χ3v) is 5.79. The second-order valence-electron chi connectivity index (χ2n) is 6.49. The lowest BCUT2D eigenvalue weighted by molar-refractivity contribution is -0.113. The number of likely N-dealkylation sites (tertiary alicyclic amines) is 1. The van der Waals surface area contributed by atoms with E-state index in [2.05, 4.69) is 28.1 Å². The van der Waals surface area contributed by atoms with Crippen molar-refractivity contribution in [3.63, 3.8) is 0 Å². The molecule has 0 bridgehead atoms. The molecular weight excluding hydrogens is 344 g/mol. The summed E-state index contributed by atoms with van der Waals surface area (Å²) in [6.45, 7) is 4.54. The molecule has 0 aromatic heterocycles. The predicted octanol–water partition coefficient (Wildman–Crippen LogP) is 4.69. The molecule has 1 fully saturated rings. The Labute approximate surface area is 157 Å². The molecule has 4 rings (SSSR count). The van der Waals surface area contributed by atoms with Crippen molar-refractivity contribution in [1.82, 2.24) is 4.90 Å². The summed E-state index contributed by atoms with van der Waals surface area (Å²) in [6.07, 6.45) is 5.55. The first-order valence-corrected chi connectivity index (χ1v) is 10.00. The lowest BCUT2D eigenvalue weighted by atomic mass is 10.0. The molecule has 0 N–H and O–H groups in total. The van der Waals surface area contributed by atoms with Gasteiger partial charge in [0.2, 0.25) is 0 Å². The molecule has 0 unspecified atom stereocenters. The molecule has 0 radical (unpaired) electrons. The van der Waals surface area contributed by atoms with Crippen LogP contribution in [0, 0.1) is 0 Å². The average molecular weight is 366 g/mol. The van der Waals surface area contributed by atoms with Crippen LogP contribution in [-0.2, 0) is 4.79 Å². The third-order valence-electron chi connectivity index (χ3n) is 4.74. The van der Waals surface area contributed by atoms with Gasteiger partial charge >= 0.3 is 0 Å².